The van der Waals surface area contributed by atoms with Gasteiger partial charge in [0.1, 0.15) is 12.7 Å². The SMILES string of the molecule is CC(N)C(C)C(=O)NCc1ccc(-n2cncn2)cc1.Cl.Cl. The van der Waals surface area contributed by atoms with Crippen molar-refractivity contribution in [1.29, 1.82) is 0 Å². The Morgan fingerprint density at radius 3 is 2.41 bits per heavy atom. The van der Waals surface area contributed by atoms with Crippen molar-refractivity contribution in [1.82, 2.24) is 20.1 Å². The lowest BCUT2D eigenvalue weighted by Crippen LogP contribution is -2.38. The Balaban J connectivity index is 0.00000220. The molecule has 0 fully saturated rings. The Kier molecular flexibility index (Phi) is 8.70. The summed E-state index contributed by atoms with van der Waals surface area (Å²) in [6.07, 6.45) is 3.13. The first-order valence-corrected chi connectivity index (χ1v) is 6.55. The van der Waals surface area contributed by atoms with E-state index in [4.69, 9.17) is 5.73 Å². The molecule has 1 amide bonds. The standard InChI is InChI=1S/C14H19N5O.2ClH/c1-10(11(2)15)14(20)17-7-12-3-5-13(6-4-12)19-9-16-8-18-19;;/h3-6,8-11H,7,15H2,1-2H3,(H,17,20);2*1H. The van der Waals surface area contributed by atoms with E-state index in [1.165, 1.54) is 6.33 Å². The van der Waals surface area contributed by atoms with Gasteiger partial charge >= 0.3 is 0 Å². The number of aromatic nitrogens is 3. The molecule has 0 bridgehead atoms. The van der Waals surface area contributed by atoms with E-state index in [1.54, 1.807) is 11.0 Å². The fourth-order valence-electron chi connectivity index (χ4n) is 1.70. The lowest BCUT2D eigenvalue weighted by Gasteiger charge is -2.15. The van der Waals surface area contributed by atoms with Crippen LogP contribution in [-0.4, -0.2) is 26.7 Å². The molecule has 2 rings (SSSR count). The lowest BCUT2D eigenvalue weighted by atomic mass is 10.0. The average Bonchev–Trinajstić information content (AvgIpc) is 2.98. The Morgan fingerprint density at radius 2 is 1.91 bits per heavy atom. The molecule has 2 atom stereocenters. The van der Waals surface area contributed by atoms with Crippen LogP contribution in [0.5, 0.6) is 0 Å². The van der Waals surface area contributed by atoms with Crippen LogP contribution in [0.15, 0.2) is 36.9 Å². The van der Waals surface area contributed by atoms with E-state index >= 15 is 0 Å². The summed E-state index contributed by atoms with van der Waals surface area (Å²) < 4.78 is 1.68. The van der Waals surface area contributed by atoms with E-state index in [0.717, 1.165) is 11.3 Å². The molecule has 1 aromatic carbocycles. The maximum atomic E-state index is 11.8. The Labute approximate surface area is 142 Å². The van der Waals surface area contributed by atoms with Crippen LogP contribution in [0, 0.1) is 5.92 Å². The van der Waals surface area contributed by atoms with Gasteiger partial charge in [-0.15, -0.1) is 24.8 Å². The molecule has 0 spiro atoms. The molecule has 2 aromatic rings. The summed E-state index contributed by atoms with van der Waals surface area (Å²) in [6, 6.07) is 7.63. The van der Waals surface area contributed by atoms with Crippen LogP contribution in [0.1, 0.15) is 19.4 Å². The van der Waals surface area contributed by atoms with E-state index in [0.29, 0.717) is 6.54 Å². The molecule has 1 heterocycles. The van der Waals surface area contributed by atoms with Gasteiger partial charge in [-0.2, -0.15) is 5.10 Å². The summed E-state index contributed by atoms with van der Waals surface area (Å²) in [5.41, 5.74) is 7.66. The quantitative estimate of drug-likeness (QED) is 0.863. The van der Waals surface area contributed by atoms with Crippen LogP contribution >= 0.6 is 24.8 Å². The van der Waals surface area contributed by atoms with Crippen molar-refractivity contribution < 1.29 is 4.79 Å². The smallest absolute Gasteiger partial charge is 0.224 e. The molecule has 3 N–H and O–H groups in total. The minimum atomic E-state index is -0.190. The zero-order valence-corrected chi connectivity index (χ0v) is 14.1. The number of rotatable bonds is 5. The van der Waals surface area contributed by atoms with Crippen LogP contribution in [0.4, 0.5) is 0 Å². The number of benzene rings is 1. The van der Waals surface area contributed by atoms with Crippen molar-refractivity contribution in [3.05, 3.63) is 42.5 Å². The highest BCUT2D eigenvalue weighted by Crippen LogP contribution is 2.08. The molecule has 0 aliphatic carbocycles. The molecule has 0 radical (unpaired) electrons. The van der Waals surface area contributed by atoms with Crippen molar-refractivity contribution in [2.75, 3.05) is 0 Å². The fraction of sp³-hybridized carbons (Fsp3) is 0.357. The number of nitrogens with one attached hydrogen (secondary N) is 1. The van der Waals surface area contributed by atoms with Gasteiger partial charge < -0.3 is 11.1 Å². The highest BCUT2D eigenvalue weighted by molar-refractivity contribution is 5.85. The first kappa shape index (κ1) is 20.4. The summed E-state index contributed by atoms with van der Waals surface area (Å²) in [6.45, 7) is 4.15. The Bertz CT molecular complexity index is 557. The number of hydrogen-bond acceptors (Lipinski definition) is 4. The molecule has 0 aliphatic heterocycles. The van der Waals surface area contributed by atoms with Gasteiger partial charge in [0.15, 0.2) is 0 Å². The summed E-state index contributed by atoms with van der Waals surface area (Å²) in [5.74, 6) is -0.218. The molecule has 6 nitrogen and oxygen atoms in total. The highest BCUT2D eigenvalue weighted by Gasteiger charge is 2.16. The second kappa shape index (κ2) is 9.40. The molecule has 8 heteroatoms. The molecule has 0 saturated carbocycles. The molecule has 0 aliphatic rings. The van der Waals surface area contributed by atoms with Crippen LogP contribution in [0.2, 0.25) is 0 Å². The predicted octanol–water partition coefficient (Wildman–Crippen LogP) is 1.71. The first-order chi connectivity index (χ1) is 9.58. The van der Waals surface area contributed by atoms with Crippen molar-refractivity contribution in [3.8, 4) is 5.69 Å². The van der Waals surface area contributed by atoms with Gasteiger partial charge in [-0.3, -0.25) is 4.79 Å². The molecule has 22 heavy (non-hydrogen) atoms. The summed E-state index contributed by atoms with van der Waals surface area (Å²) in [5, 5.41) is 6.94. The summed E-state index contributed by atoms with van der Waals surface area (Å²) in [4.78, 5) is 15.7. The Hall–Kier alpha value is -1.63. The van der Waals surface area contributed by atoms with E-state index in [2.05, 4.69) is 15.4 Å². The minimum Gasteiger partial charge on any atom is -0.352 e. The van der Waals surface area contributed by atoms with Gasteiger partial charge in [-0.1, -0.05) is 19.1 Å². The fourth-order valence-corrected chi connectivity index (χ4v) is 1.70. The molecular weight excluding hydrogens is 325 g/mol. The monoisotopic (exact) mass is 345 g/mol. The number of amides is 1. The number of nitrogens with two attached hydrogens (primary N) is 1. The largest absolute Gasteiger partial charge is 0.352 e. The molecule has 0 saturated heterocycles. The van der Waals surface area contributed by atoms with Gasteiger partial charge in [0.05, 0.1) is 5.69 Å². The van der Waals surface area contributed by atoms with Crippen molar-refractivity contribution >= 4 is 30.7 Å². The van der Waals surface area contributed by atoms with Crippen molar-refractivity contribution in [2.24, 2.45) is 11.7 Å². The summed E-state index contributed by atoms with van der Waals surface area (Å²) >= 11 is 0. The van der Waals surface area contributed by atoms with Gasteiger partial charge in [-0.25, -0.2) is 9.67 Å². The number of nitrogens with zero attached hydrogens (tertiary/aromatic N) is 3. The number of carbonyl (C=O) groups is 1. The number of halogens is 2. The van der Waals surface area contributed by atoms with Crippen LogP contribution in [0.25, 0.3) is 5.69 Å². The second-order valence-electron chi connectivity index (χ2n) is 4.87. The highest BCUT2D eigenvalue weighted by atomic mass is 35.5. The van der Waals surface area contributed by atoms with Crippen molar-refractivity contribution in [2.45, 2.75) is 26.4 Å². The second-order valence-corrected chi connectivity index (χ2v) is 4.87. The maximum absolute atomic E-state index is 11.8. The zero-order chi connectivity index (χ0) is 14.5. The van der Waals surface area contributed by atoms with Gasteiger partial charge in [0.2, 0.25) is 5.91 Å². The van der Waals surface area contributed by atoms with E-state index in [9.17, 15) is 4.79 Å². The molecular formula is C14H21Cl2N5O. The lowest BCUT2D eigenvalue weighted by molar-refractivity contribution is -0.125. The third-order valence-electron chi connectivity index (χ3n) is 3.29. The van der Waals surface area contributed by atoms with E-state index in [-0.39, 0.29) is 42.7 Å². The Morgan fingerprint density at radius 1 is 1.27 bits per heavy atom. The third kappa shape index (κ3) is 5.29. The first-order valence-electron chi connectivity index (χ1n) is 6.55. The number of carbonyl (C=O) groups excluding carboxylic acids is 1. The molecule has 2 unspecified atom stereocenters. The minimum absolute atomic E-state index is 0. The van der Waals surface area contributed by atoms with Gasteiger partial charge in [0, 0.05) is 18.5 Å². The van der Waals surface area contributed by atoms with Crippen LogP contribution < -0.4 is 11.1 Å². The topological polar surface area (TPSA) is 85.8 Å². The van der Waals surface area contributed by atoms with E-state index in [1.807, 2.05) is 38.1 Å². The van der Waals surface area contributed by atoms with Crippen LogP contribution in [0.3, 0.4) is 0 Å². The maximum Gasteiger partial charge on any atom is 0.224 e. The number of hydrogen-bond donors (Lipinski definition) is 2. The third-order valence-corrected chi connectivity index (χ3v) is 3.29. The molecule has 1 aromatic heterocycles. The normalized spacial score (nSPS) is 12.5. The average molecular weight is 346 g/mol. The zero-order valence-electron chi connectivity index (χ0n) is 12.5. The van der Waals surface area contributed by atoms with E-state index < -0.39 is 0 Å². The van der Waals surface area contributed by atoms with Gasteiger partial charge in [-0.05, 0) is 24.6 Å². The van der Waals surface area contributed by atoms with Crippen molar-refractivity contribution in [3.63, 3.8) is 0 Å². The summed E-state index contributed by atoms with van der Waals surface area (Å²) in [7, 11) is 0. The van der Waals surface area contributed by atoms with Gasteiger partial charge in [0.25, 0.3) is 0 Å². The van der Waals surface area contributed by atoms with Crippen LogP contribution in [-0.2, 0) is 11.3 Å². The molecule has 122 valence electrons. The predicted molar refractivity (Wildman–Crippen MR) is 90.5 cm³/mol.